The maximum atomic E-state index is 12.9. The molecule has 166 valence electrons. The van der Waals surface area contributed by atoms with Crippen molar-refractivity contribution >= 4 is 43.4 Å². The summed E-state index contributed by atoms with van der Waals surface area (Å²) in [5.41, 5.74) is 1.91. The fourth-order valence-corrected chi connectivity index (χ4v) is 8.13. The van der Waals surface area contributed by atoms with Gasteiger partial charge in [0.15, 0.2) is 0 Å². The second-order valence-corrected chi connectivity index (χ2v) is 13.0. The van der Waals surface area contributed by atoms with Crippen LogP contribution < -0.4 is 4.72 Å². The Labute approximate surface area is 186 Å². The zero-order valence-electron chi connectivity index (χ0n) is 17.1. The van der Waals surface area contributed by atoms with Crippen molar-refractivity contribution in [1.82, 2.24) is 9.03 Å². The van der Waals surface area contributed by atoms with Crippen LogP contribution in [0.15, 0.2) is 45.5 Å². The fourth-order valence-electron chi connectivity index (χ4n) is 3.95. The van der Waals surface area contributed by atoms with Crippen LogP contribution in [0.4, 0.5) is 0 Å². The van der Waals surface area contributed by atoms with E-state index < -0.39 is 31.9 Å². The second-order valence-electron chi connectivity index (χ2n) is 7.85. The summed E-state index contributed by atoms with van der Waals surface area (Å²) >= 11 is 1.19. The van der Waals surface area contributed by atoms with Gasteiger partial charge in [-0.2, -0.15) is 4.31 Å². The molecule has 0 radical (unpaired) electrons. The molecule has 1 fully saturated rings. The van der Waals surface area contributed by atoms with Crippen LogP contribution in [0.2, 0.25) is 0 Å². The highest BCUT2D eigenvalue weighted by Gasteiger charge is 2.35. The normalized spacial score (nSPS) is 20.0. The number of hydrogen-bond acceptors (Lipinski definition) is 6. The smallest absolute Gasteiger partial charge is 0.260 e. The predicted molar refractivity (Wildman–Crippen MR) is 120 cm³/mol. The van der Waals surface area contributed by atoms with E-state index in [4.69, 9.17) is 0 Å². The van der Waals surface area contributed by atoms with Crippen LogP contribution in [0.3, 0.4) is 0 Å². The molecule has 1 unspecified atom stereocenters. The van der Waals surface area contributed by atoms with Gasteiger partial charge in [-0.25, -0.2) is 21.6 Å². The van der Waals surface area contributed by atoms with Crippen LogP contribution >= 0.6 is 11.3 Å². The number of carbonyl (C=O) groups excluding carboxylic acids is 1. The van der Waals surface area contributed by atoms with E-state index in [1.54, 1.807) is 18.2 Å². The average Bonchev–Trinajstić information content (AvgIpc) is 3.20. The molecule has 1 atom stereocenters. The Kier molecular flexibility index (Phi) is 6.08. The number of amides is 1. The number of aryl methyl sites for hydroxylation is 2. The van der Waals surface area contributed by atoms with Gasteiger partial charge in [-0.1, -0.05) is 24.3 Å². The van der Waals surface area contributed by atoms with Gasteiger partial charge in [0.25, 0.3) is 20.0 Å². The Morgan fingerprint density at radius 1 is 1.10 bits per heavy atom. The molecule has 1 amide bonds. The Bertz CT molecular complexity index is 1250. The monoisotopic (exact) mass is 480 g/mol. The first-order valence-corrected chi connectivity index (χ1v) is 13.8. The van der Waals surface area contributed by atoms with Gasteiger partial charge >= 0.3 is 0 Å². The zero-order valence-corrected chi connectivity index (χ0v) is 19.5. The van der Waals surface area contributed by atoms with Gasteiger partial charge in [-0.05, 0) is 61.9 Å². The van der Waals surface area contributed by atoms with Gasteiger partial charge in [0, 0.05) is 18.0 Å². The predicted octanol–water partition coefficient (Wildman–Crippen LogP) is 2.89. The molecule has 1 aliphatic carbocycles. The fraction of sp³-hybridized carbons (Fsp3) is 0.381. The minimum Gasteiger partial charge on any atom is -0.274 e. The van der Waals surface area contributed by atoms with E-state index in [0.717, 1.165) is 16.0 Å². The molecule has 4 rings (SSSR count). The van der Waals surface area contributed by atoms with Gasteiger partial charge in [-0.3, -0.25) is 4.79 Å². The third-order valence-electron chi connectivity index (χ3n) is 5.66. The number of nitrogens with one attached hydrogen (secondary N) is 1. The molecular weight excluding hydrogens is 456 g/mol. The maximum Gasteiger partial charge on any atom is 0.260 e. The molecule has 1 aromatic heterocycles. The van der Waals surface area contributed by atoms with Gasteiger partial charge in [0.1, 0.15) is 4.21 Å². The largest absolute Gasteiger partial charge is 0.274 e. The van der Waals surface area contributed by atoms with E-state index in [9.17, 15) is 21.6 Å². The number of hydrogen-bond donors (Lipinski definition) is 1. The summed E-state index contributed by atoms with van der Waals surface area (Å²) in [6.45, 7) is 2.12. The number of thiophene rings is 1. The molecule has 0 bridgehead atoms. The summed E-state index contributed by atoms with van der Waals surface area (Å²) in [5.74, 6) is -1.36. The summed E-state index contributed by atoms with van der Waals surface area (Å²) in [5, 5.41) is 0. The van der Waals surface area contributed by atoms with Crippen molar-refractivity contribution < 1.29 is 21.6 Å². The van der Waals surface area contributed by atoms with Gasteiger partial charge < -0.3 is 0 Å². The standard InChI is InChI=1S/C21H24N2O5S3/c1-15-8-11-20(29-15)31(27,28)23-12-4-7-18(14-23)21(24)22-30(25,26)19-10-9-16-5-2-3-6-17(16)13-19/h2-3,5-6,8,11,13,18H,4,7,9-10,12,14H2,1H3,(H,22,24). The van der Waals surface area contributed by atoms with Crippen molar-refractivity contribution in [3.63, 3.8) is 0 Å². The van der Waals surface area contributed by atoms with Crippen LogP contribution in [0.5, 0.6) is 0 Å². The molecule has 31 heavy (non-hydrogen) atoms. The SMILES string of the molecule is Cc1ccc(S(=O)(=O)N2CCCC(C(=O)NS(=O)(=O)C3=Cc4ccccc4CC3)C2)s1. The van der Waals surface area contributed by atoms with E-state index in [2.05, 4.69) is 4.72 Å². The van der Waals surface area contributed by atoms with Crippen LogP contribution in [-0.2, 0) is 31.3 Å². The molecule has 1 saturated heterocycles. The zero-order chi connectivity index (χ0) is 22.2. The lowest BCUT2D eigenvalue weighted by Gasteiger charge is -2.30. The number of nitrogens with zero attached hydrogens (tertiary/aromatic N) is 1. The van der Waals surface area contributed by atoms with E-state index in [-0.39, 0.29) is 15.7 Å². The third kappa shape index (κ3) is 4.62. The summed E-state index contributed by atoms with van der Waals surface area (Å²) in [6, 6.07) is 10.9. The molecule has 10 heteroatoms. The highest BCUT2D eigenvalue weighted by molar-refractivity contribution is 7.94. The quantitative estimate of drug-likeness (QED) is 0.709. The van der Waals surface area contributed by atoms with Crippen molar-refractivity contribution in [3.05, 3.63) is 57.3 Å². The van der Waals surface area contributed by atoms with Crippen LogP contribution in [0, 0.1) is 12.8 Å². The highest BCUT2D eigenvalue weighted by atomic mass is 32.2. The van der Waals surface area contributed by atoms with Crippen molar-refractivity contribution in [1.29, 1.82) is 0 Å². The van der Waals surface area contributed by atoms with E-state index in [0.29, 0.717) is 32.2 Å². The van der Waals surface area contributed by atoms with Gasteiger partial charge in [-0.15, -0.1) is 11.3 Å². The first-order valence-electron chi connectivity index (χ1n) is 10.1. The van der Waals surface area contributed by atoms with Crippen molar-refractivity contribution in [3.8, 4) is 0 Å². The number of rotatable bonds is 5. The van der Waals surface area contributed by atoms with Crippen molar-refractivity contribution in [2.24, 2.45) is 5.92 Å². The Balaban J connectivity index is 1.48. The molecule has 7 nitrogen and oxygen atoms in total. The lowest BCUT2D eigenvalue weighted by atomic mass is 9.98. The van der Waals surface area contributed by atoms with Crippen molar-refractivity contribution in [2.45, 2.75) is 36.8 Å². The van der Waals surface area contributed by atoms with E-state index in [1.165, 1.54) is 15.6 Å². The van der Waals surface area contributed by atoms with Crippen LogP contribution in [-0.4, -0.2) is 40.1 Å². The third-order valence-corrected chi connectivity index (χ3v) is 10.5. The van der Waals surface area contributed by atoms with Gasteiger partial charge in [0.05, 0.1) is 10.8 Å². The molecule has 2 aromatic rings. The Morgan fingerprint density at radius 2 is 1.87 bits per heavy atom. The van der Waals surface area contributed by atoms with E-state index >= 15 is 0 Å². The highest BCUT2D eigenvalue weighted by Crippen LogP contribution is 2.29. The molecule has 1 N–H and O–H groups in total. The topological polar surface area (TPSA) is 101 Å². The molecule has 0 saturated carbocycles. The molecule has 2 aliphatic rings. The van der Waals surface area contributed by atoms with E-state index in [1.807, 2.05) is 31.2 Å². The lowest BCUT2D eigenvalue weighted by molar-refractivity contribution is -0.124. The minimum atomic E-state index is -3.98. The first-order chi connectivity index (χ1) is 14.7. The summed E-state index contributed by atoms with van der Waals surface area (Å²) < 4.78 is 55.1. The first kappa shape index (κ1) is 22.2. The molecule has 1 aromatic carbocycles. The summed E-state index contributed by atoms with van der Waals surface area (Å²) in [4.78, 5) is 13.8. The molecule has 0 spiro atoms. The molecular formula is C21H24N2O5S3. The minimum absolute atomic E-state index is 0.0253. The maximum absolute atomic E-state index is 12.9. The van der Waals surface area contributed by atoms with Crippen LogP contribution in [0.25, 0.3) is 6.08 Å². The Morgan fingerprint density at radius 3 is 2.61 bits per heavy atom. The van der Waals surface area contributed by atoms with Crippen molar-refractivity contribution in [2.75, 3.05) is 13.1 Å². The average molecular weight is 481 g/mol. The Hall–Kier alpha value is -2.01. The summed E-state index contributed by atoms with van der Waals surface area (Å²) in [6.07, 6.45) is 3.46. The molecule has 2 heterocycles. The number of carbonyl (C=O) groups is 1. The second kappa shape index (κ2) is 8.50. The number of fused-ring (bicyclic) bond motifs is 1. The number of benzene rings is 1. The van der Waals surface area contributed by atoms with Crippen LogP contribution in [0.1, 0.15) is 35.3 Å². The number of allylic oxidation sites excluding steroid dienone is 1. The summed E-state index contributed by atoms with van der Waals surface area (Å²) in [7, 11) is -7.67. The number of sulfonamides is 2. The lowest BCUT2D eigenvalue weighted by Crippen LogP contribution is -2.46. The van der Waals surface area contributed by atoms with Gasteiger partial charge in [0.2, 0.25) is 5.91 Å². The molecule has 1 aliphatic heterocycles. The number of piperidine rings is 1.